The van der Waals surface area contributed by atoms with Crippen LogP contribution in [0.1, 0.15) is 30.5 Å². The number of hydrogen-bond acceptors (Lipinski definition) is 1. The van der Waals surface area contributed by atoms with Gasteiger partial charge >= 0.3 is 0 Å². The lowest BCUT2D eigenvalue weighted by molar-refractivity contribution is 0.645. The summed E-state index contributed by atoms with van der Waals surface area (Å²) in [5.74, 6) is 0.419. The quantitative estimate of drug-likeness (QED) is 0.746. The first kappa shape index (κ1) is 16.3. The van der Waals surface area contributed by atoms with Crippen LogP contribution in [0.4, 0.5) is 0 Å². The molecule has 0 aliphatic heterocycles. The van der Waals surface area contributed by atoms with Crippen LogP contribution in [-0.2, 0) is 6.42 Å². The van der Waals surface area contributed by atoms with E-state index in [2.05, 4.69) is 57.1 Å². The van der Waals surface area contributed by atoms with Crippen LogP contribution in [0, 0.1) is 19.8 Å². The molecule has 1 aromatic heterocycles. The van der Waals surface area contributed by atoms with Crippen LogP contribution in [0.15, 0.2) is 53.3 Å². The zero-order chi connectivity index (χ0) is 17.3. The Kier molecular flexibility index (Phi) is 4.43. The molecule has 0 spiro atoms. The minimum absolute atomic E-state index is 0.00320. The van der Waals surface area contributed by atoms with Gasteiger partial charge < -0.3 is 0 Å². The van der Waals surface area contributed by atoms with Crippen LogP contribution in [0.3, 0.4) is 0 Å². The summed E-state index contributed by atoms with van der Waals surface area (Å²) in [7, 11) is 0. The Morgan fingerprint density at radius 3 is 2.46 bits per heavy atom. The molecule has 3 nitrogen and oxygen atoms in total. The molecule has 0 atom stereocenters. The van der Waals surface area contributed by atoms with Crippen molar-refractivity contribution in [3.05, 3.63) is 75.6 Å². The predicted molar refractivity (Wildman–Crippen MR) is 99.8 cm³/mol. The van der Waals surface area contributed by atoms with Gasteiger partial charge in [0.2, 0.25) is 0 Å². The molecule has 0 aliphatic rings. The normalized spacial score (nSPS) is 11.2. The summed E-state index contributed by atoms with van der Waals surface area (Å²) in [6, 6.07) is 16.4. The molecule has 0 saturated carbocycles. The van der Waals surface area contributed by atoms with Gasteiger partial charge in [0.1, 0.15) is 0 Å². The van der Waals surface area contributed by atoms with Gasteiger partial charge in [-0.05, 0) is 49.4 Å². The van der Waals surface area contributed by atoms with Crippen molar-refractivity contribution in [2.24, 2.45) is 5.92 Å². The van der Waals surface area contributed by atoms with E-state index in [1.54, 1.807) is 0 Å². The summed E-state index contributed by atoms with van der Waals surface area (Å²) >= 11 is 0. The molecule has 0 amide bonds. The number of H-pyrrole nitrogens is 1. The maximum atomic E-state index is 12.7. The molecule has 3 heteroatoms. The standard InChI is InChI=1S/C21H24N2O/c1-14(2)12-19-20(18-11-6-5-9-16(18)4)23(22-21(19)24)17-10-7-8-15(3)13-17/h5-11,13-14H,12H2,1-4H3,(H,22,24). The third kappa shape index (κ3) is 3.07. The van der Waals surface area contributed by atoms with Gasteiger partial charge in [-0.2, -0.15) is 0 Å². The minimum atomic E-state index is 0.00320. The highest BCUT2D eigenvalue weighted by atomic mass is 16.1. The smallest absolute Gasteiger partial charge is 0.268 e. The van der Waals surface area contributed by atoms with Crippen LogP contribution in [-0.4, -0.2) is 9.78 Å². The third-order valence-electron chi connectivity index (χ3n) is 4.27. The van der Waals surface area contributed by atoms with Crippen molar-refractivity contribution < 1.29 is 0 Å². The molecule has 0 fully saturated rings. The Bertz CT molecular complexity index is 916. The predicted octanol–water partition coefficient (Wildman–Crippen LogP) is 4.65. The Hall–Kier alpha value is -2.55. The minimum Gasteiger partial charge on any atom is -0.268 e. The summed E-state index contributed by atoms with van der Waals surface area (Å²) in [5, 5.41) is 3.05. The van der Waals surface area contributed by atoms with Crippen LogP contribution < -0.4 is 5.56 Å². The second kappa shape index (κ2) is 6.52. The largest absolute Gasteiger partial charge is 0.268 e. The van der Waals surface area contributed by atoms with Crippen molar-refractivity contribution in [3.8, 4) is 16.9 Å². The molecule has 1 N–H and O–H groups in total. The topological polar surface area (TPSA) is 37.8 Å². The lowest BCUT2D eigenvalue weighted by Gasteiger charge is -2.14. The van der Waals surface area contributed by atoms with Crippen molar-refractivity contribution >= 4 is 0 Å². The van der Waals surface area contributed by atoms with E-state index in [0.29, 0.717) is 5.92 Å². The Balaban J connectivity index is 2.31. The van der Waals surface area contributed by atoms with E-state index in [0.717, 1.165) is 28.9 Å². The Labute approximate surface area is 143 Å². The van der Waals surface area contributed by atoms with Crippen molar-refractivity contribution in [2.45, 2.75) is 34.1 Å². The molecular formula is C21H24N2O. The first-order valence-electron chi connectivity index (χ1n) is 8.44. The van der Waals surface area contributed by atoms with Crippen molar-refractivity contribution in [3.63, 3.8) is 0 Å². The van der Waals surface area contributed by atoms with Gasteiger partial charge in [0, 0.05) is 11.1 Å². The maximum Gasteiger partial charge on any atom is 0.268 e. The van der Waals surface area contributed by atoms with Gasteiger partial charge in [0.15, 0.2) is 0 Å². The van der Waals surface area contributed by atoms with Gasteiger partial charge in [0.25, 0.3) is 5.56 Å². The van der Waals surface area contributed by atoms with Crippen LogP contribution >= 0.6 is 0 Å². The summed E-state index contributed by atoms with van der Waals surface area (Å²) in [5.41, 5.74) is 6.28. The molecular weight excluding hydrogens is 296 g/mol. The van der Waals surface area contributed by atoms with E-state index in [1.165, 1.54) is 11.1 Å². The van der Waals surface area contributed by atoms with E-state index in [4.69, 9.17) is 0 Å². The van der Waals surface area contributed by atoms with E-state index < -0.39 is 0 Å². The van der Waals surface area contributed by atoms with Crippen LogP contribution in [0.5, 0.6) is 0 Å². The number of nitrogens with zero attached hydrogens (tertiary/aromatic N) is 1. The summed E-state index contributed by atoms with van der Waals surface area (Å²) in [4.78, 5) is 12.7. The highest BCUT2D eigenvalue weighted by Gasteiger charge is 2.19. The molecule has 0 unspecified atom stereocenters. The number of aromatic nitrogens is 2. The monoisotopic (exact) mass is 320 g/mol. The van der Waals surface area contributed by atoms with Gasteiger partial charge in [-0.15, -0.1) is 0 Å². The lowest BCUT2D eigenvalue weighted by atomic mass is 9.97. The number of nitrogens with one attached hydrogen (secondary N) is 1. The van der Waals surface area contributed by atoms with Gasteiger partial charge in [-0.3, -0.25) is 14.6 Å². The van der Waals surface area contributed by atoms with Crippen LogP contribution in [0.2, 0.25) is 0 Å². The molecule has 0 radical (unpaired) electrons. The second-order valence-electron chi connectivity index (χ2n) is 6.86. The molecule has 124 valence electrons. The molecule has 0 aliphatic carbocycles. The third-order valence-corrected chi connectivity index (χ3v) is 4.27. The summed E-state index contributed by atoms with van der Waals surface area (Å²) in [6.07, 6.45) is 0.762. The number of hydrogen-bond donors (Lipinski definition) is 1. The fourth-order valence-electron chi connectivity index (χ4n) is 3.15. The first-order valence-corrected chi connectivity index (χ1v) is 8.44. The average Bonchev–Trinajstić information content (AvgIpc) is 2.84. The molecule has 2 aromatic carbocycles. The second-order valence-corrected chi connectivity index (χ2v) is 6.86. The number of aryl methyl sites for hydroxylation is 2. The van der Waals surface area contributed by atoms with Gasteiger partial charge in [0.05, 0.1) is 11.4 Å². The van der Waals surface area contributed by atoms with Crippen molar-refractivity contribution in [1.29, 1.82) is 0 Å². The SMILES string of the molecule is Cc1cccc(-n2[nH]c(=O)c(CC(C)C)c2-c2ccccc2C)c1. The first-order chi connectivity index (χ1) is 11.5. The average molecular weight is 320 g/mol. The molecule has 1 heterocycles. The Morgan fingerprint density at radius 1 is 1.04 bits per heavy atom. The van der Waals surface area contributed by atoms with Crippen molar-refractivity contribution in [2.75, 3.05) is 0 Å². The molecule has 0 bridgehead atoms. The lowest BCUT2D eigenvalue weighted by Crippen LogP contribution is -2.09. The van der Waals surface area contributed by atoms with E-state index in [9.17, 15) is 4.79 Å². The zero-order valence-electron chi connectivity index (χ0n) is 14.8. The van der Waals surface area contributed by atoms with E-state index >= 15 is 0 Å². The van der Waals surface area contributed by atoms with Gasteiger partial charge in [-0.1, -0.05) is 50.2 Å². The summed E-state index contributed by atoms with van der Waals surface area (Å²) < 4.78 is 1.94. The fraction of sp³-hybridized carbons (Fsp3) is 0.286. The highest BCUT2D eigenvalue weighted by Crippen LogP contribution is 2.29. The molecule has 3 aromatic rings. The number of rotatable bonds is 4. The number of benzene rings is 2. The molecule has 0 saturated heterocycles. The highest BCUT2D eigenvalue weighted by molar-refractivity contribution is 5.69. The summed E-state index contributed by atoms with van der Waals surface area (Å²) in [6.45, 7) is 8.44. The van der Waals surface area contributed by atoms with E-state index in [1.807, 2.05) is 28.9 Å². The van der Waals surface area contributed by atoms with Crippen LogP contribution in [0.25, 0.3) is 16.9 Å². The maximum absolute atomic E-state index is 12.7. The zero-order valence-corrected chi connectivity index (χ0v) is 14.8. The fourth-order valence-corrected chi connectivity index (χ4v) is 3.15. The Morgan fingerprint density at radius 2 is 1.79 bits per heavy atom. The number of aromatic amines is 1. The van der Waals surface area contributed by atoms with Gasteiger partial charge in [-0.25, -0.2) is 0 Å². The van der Waals surface area contributed by atoms with E-state index in [-0.39, 0.29) is 5.56 Å². The molecule has 3 rings (SSSR count). The molecule has 24 heavy (non-hydrogen) atoms. The van der Waals surface area contributed by atoms with Crippen molar-refractivity contribution in [1.82, 2.24) is 9.78 Å².